The number of aliphatic hydroxyl groups excluding tert-OH is 9. The van der Waals surface area contributed by atoms with Crippen LogP contribution in [0.3, 0.4) is 0 Å². The molecular weight excluding hydrogens is 1190 g/mol. The van der Waals surface area contributed by atoms with E-state index in [9.17, 15) is 75.0 Å². The molecule has 0 aliphatic carbocycles. The normalized spacial score (nSPS) is 35.9. The van der Waals surface area contributed by atoms with E-state index in [-0.39, 0.29) is 56.3 Å². The van der Waals surface area contributed by atoms with E-state index < -0.39 is 165 Å². The third-order valence-electron chi connectivity index (χ3n) is 16.9. The van der Waals surface area contributed by atoms with Crippen molar-refractivity contribution in [3.8, 4) is 0 Å². The number of allylic oxidation sites excluding steroid dienone is 12. The Labute approximate surface area is 541 Å². The molecule has 14 unspecified atom stereocenters. The molecule has 24 nitrogen and oxygen atoms in total. The molecule has 514 valence electrons. The number of nitrogens with zero attached hydrogens (tertiary/aromatic N) is 3. The van der Waals surface area contributed by atoms with E-state index in [1.54, 1.807) is 141 Å². The lowest BCUT2D eigenvalue weighted by Crippen LogP contribution is -2.64. The van der Waals surface area contributed by atoms with Crippen molar-refractivity contribution in [3.05, 3.63) is 115 Å². The Morgan fingerprint density at radius 3 is 1.88 bits per heavy atom. The summed E-state index contributed by atoms with van der Waals surface area (Å²) in [6.07, 6.45) is 2.55. The fourth-order valence-electron chi connectivity index (χ4n) is 12.0. The van der Waals surface area contributed by atoms with Crippen molar-refractivity contribution < 1.29 is 94.0 Å². The van der Waals surface area contributed by atoms with Crippen LogP contribution >= 0.6 is 0 Å². The predicted octanol–water partition coefficient (Wildman–Crippen LogP) is 2.15. The topological polar surface area (TPSA) is 358 Å². The Morgan fingerprint density at radius 2 is 1.28 bits per heavy atom. The highest BCUT2D eigenvalue weighted by molar-refractivity contribution is 5.96. The molecule has 3 saturated heterocycles. The number of amides is 2. The average molecular weight is 1290 g/mol. The zero-order chi connectivity index (χ0) is 67.7. The molecule has 4 aliphatic rings. The summed E-state index contributed by atoms with van der Waals surface area (Å²) in [6, 6.07) is 5.69. The Bertz CT molecular complexity index is 2680. The second kappa shape index (κ2) is 38.6. The van der Waals surface area contributed by atoms with Gasteiger partial charge in [-0.1, -0.05) is 98.9 Å². The summed E-state index contributed by atoms with van der Waals surface area (Å²) in [6.45, 7) is 6.99. The first-order valence-electron chi connectivity index (χ1n) is 32.1. The van der Waals surface area contributed by atoms with Crippen LogP contribution in [0, 0.1) is 17.8 Å². The Kier molecular flexibility index (Phi) is 32.4. The van der Waals surface area contributed by atoms with E-state index in [4.69, 9.17) is 18.9 Å². The average Bonchev–Trinajstić information content (AvgIpc) is 0.799. The zero-order valence-corrected chi connectivity index (χ0v) is 54.3. The standard InChI is InChI=1S/C68H103N5O19/c1-43-20-18-16-14-12-10-8-9-11-13-15-17-19-21-55(90-67-64(86)62(63(85)45(3)89-67)70-59(83)42-71(5)6)39-58-61(66(87)73-30-28-72(7)29-31-73)57(82)41-68(88,92-58)40-54(80)36-52(78)34-50(76)32-49(75)33-51(77)35-53(79)38-60(84)91-65(43)44(2)22-27-48(74)37-56(81)46-23-25-47(69-4)26-24-46/h8-21,23-26,43-45,48-50,52-55,57-58,61-65,67,69,74-76,78-80,82,85-86,88H,22,27-42H2,1-7H3,(H,70,83)/b9-8+,12-10+,13-11+,16-14+,17-15+,20-18+,21-19+/t43?,44?,45-,48?,49?,50?,52?,53?,54?,55?,57?,58?,61?,62+,63-,64+,65?,67+,68?/m1/s1. The molecule has 0 spiro atoms. The van der Waals surface area contributed by atoms with Gasteiger partial charge >= 0.3 is 5.97 Å². The van der Waals surface area contributed by atoms with Gasteiger partial charge in [-0.3, -0.25) is 24.0 Å². The Hall–Kier alpha value is -5.65. The number of fused-ring (bicyclic) bond motifs is 2. The largest absolute Gasteiger partial charge is 0.461 e. The maximum absolute atomic E-state index is 14.5. The van der Waals surface area contributed by atoms with Crippen molar-refractivity contribution >= 4 is 35.0 Å². The van der Waals surface area contributed by atoms with E-state index in [0.717, 1.165) is 5.69 Å². The lowest BCUT2D eigenvalue weighted by Gasteiger charge is -2.47. The van der Waals surface area contributed by atoms with Crippen LogP contribution in [0.4, 0.5) is 5.69 Å². The summed E-state index contributed by atoms with van der Waals surface area (Å²) in [5.74, 6) is -6.85. The smallest absolute Gasteiger partial charge is 0.308 e. The molecule has 19 atom stereocenters. The molecule has 1 aromatic carbocycles. The van der Waals surface area contributed by atoms with E-state index >= 15 is 0 Å². The van der Waals surface area contributed by atoms with Crippen LogP contribution in [0.15, 0.2) is 109 Å². The van der Waals surface area contributed by atoms with Gasteiger partial charge in [0.15, 0.2) is 17.9 Å². The molecule has 2 amide bonds. The number of aliphatic hydroxyl groups is 10. The molecule has 4 aliphatic heterocycles. The molecule has 92 heavy (non-hydrogen) atoms. The Balaban J connectivity index is 1.39. The number of anilines is 1. The molecule has 1 aromatic rings. The number of ketones is 2. The van der Waals surface area contributed by atoms with Gasteiger partial charge in [0.1, 0.15) is 24.1 Å². The van der Waals surface area contributed by atoms with Crippen molar-refractivity contribution in [3.63, 3.8) is 0 Å². The first kappa shape index (κ1) is 77.1. The summed E-state index contributed by atoms with van der Waals surface area (Å²) < 4.78 is 24.8. The second-order valence-electron chi connectivity index (χ2n) is 25.5. The highest BCUT2D eigenvalue weighted by Crippen LogP contribution is 2.39. The minimum atomic E-state index is -2.31. The van der Waals surface area contributed by atoms with Gasteiger partial charge in [0.25, 0.3) is 0 Å². The van der Waals surface area contributed by atoms with E-state index in [2.05, 4.69) is 10.6 Å². The molecule has 5 rings (SSSR count). The summed E-state index contributed by atoms with van der Waals surface area (Å²) in [4.78, 5) is 72.2. The van der Waals surface area contributed by atoms with Crippen LogP contribution in [0.1, 0.15) is 108 Å². The van der Waals surface area contributed by atoms with Crippen LogP contribution in [-0.2, 0) is 38.1 Å². The van der Waals surface area contributed by atoms with Crippen LogP contribution in [0.5, 0.6) is 0 Å². The van der Waals surface area contributed by atoms with Crippen LogP contribution in [0.2, 0.25) is 0 Å². The third kappa shape index (κ3) is 26.3. The molecular formula is C68H103N5O19. The lowest BCUT2D eigenvalue weighted by molar-refractivity contribution is -0.308. The summed E-state index contributed by atoms with van der Waals surface area (Å²) in [5.41, 5.74) is 1.30. The number of hydrogen-bond acceptors (Lipinski definition) is 22. The molecule has 4 heterocycles. The number of carbonyl (C=O) groups is 5. The number of piperazine rings is 1. The number of rotatable bonds is 14. The lowest BCUT2D eigenvalue weighted by atomic mass is 9.81. The van der Waals surface area contributed by atoms with Gasteiger partial charge in [0.2, 0.25) is 11.8 Å². The fraction of sp³-hybridized carbons (Fsp3) is 0.632. The van der Waals surface area contributed by atoms with Crippen molar-refractivity contribution in [2.75, 3.05) is 66.2 Å². The van der Waals surface area contributed by atoms with Gasteiger partial charge in [-0.15, -0.1) is 0 Å². The number of benzene rings is 1. The molecule has 0 aromatic heterocycles. The number of Topliss-reactive ketones (excluding diaryl/α,β-unsaturated/α-hetero) is 2. The van der Waals surface area contributed by atoms with Crippen LogP contribution in [0.25, 0.3) is 0 Å². The SMILES string of the molecule is CNc1ccc(C(=O)CC(O)CCC(C)C2OC(=O)CC(O)CC(=O)CC(O)CC(O)CC(O)CC(O)CC3(O)CC(O)C(C(=O)N4CCN(C)CC4)C(CC(O[C@@H]4O[C@H](C)[C@@H](O)[C@H](NC(=O)CN(C)C)[C@@H]4O)/C=C/C=C/C=C/C=C/C=C/C=C/C=C/C2C)O3)cc1. The molecule has 0 saturated carbocycles. The Morgan fingerprint density at radius 1 is 0.717 bits per heavy atom. The maximum Gasteiger partial charge on any atom is 0.308 e. The summed E-state index contributed by atoms with van der Waals surface area (Å²) >= 11 is 0. The van der Waals surface area contributed by atoms with Crippen molar-refractivity contribution in [1.82, 2.24) is 20.0 Å². The fourth-order valence-corrected chi connectivity index (χ4v) is 12.0. The van der Waals surface area contributed by atoms with Crippen molar-refractivity contribution in [2.24, 2.45) is 17.8 Å². The molecule has 0 radical (unpaired) electrons. The number of ether oxygens (including phenoxy) is 4. The number of nitrogens with one attached hydrogen (secondary N) is 2. The van der Waals surface area contributed by atoms with Gasteiger partial charge in [-0.25, -0.2) is 0 Å². The van der Waals surface area contributed by atoms with Crippen LogP contribution in [-0.4, -0.2) is 254 Å². The van der Waals surface area contributed by atoms with Crippen LogP contribution < -0.4 is 10.6 Å². The highest BCUT2D eigenvalue weighted by Gasteiger charge is 2.52. The monoisotopic (exact) mass is 1290 g/mol. The van der Waals surface area contributed by atoms with Gasteiger partial charge in [-0.2, -0.15) is 0 Å². The first-order valence-corrected chi connectivity index (χ1v) is 32.1. The van der Waals surface area contributed by atoms with E-state index in [0.29, 0.717) is 38.2 Å². The van der Waals surface area contributed by atoms with Gasteiger partial charge in [0.05, 0.1) is 86.0 Å². The summed E-state index contributed by atoms with van der Waals surface area (Å²) in [5, 5.41) is 119. The molecule has 2 bridgehead atoms. The maximum atomic E-state index is 14.5. The molecule has 12 N–H and O–H groups in total. The third-order valence-corrected chi connectivity index (χ3v) is 16.9. The summed E-state index contributed by atoms with van der Waals surface area (Å²) in [7, 11) is 7.05. The minimum absolute atomic E-state index is 0.0466. The number of carbonyl (C=O) groups excluding carboxylic acids is 5. The first-order chi connectivity index (χ1) is 43.6. The van der Waals surface area contributed by atoms with E-state index in [1.165, 1.54) is 0 Å². The molecule has 24 heteroatoms. The van der Waals surface area contributed by atoms with Gasteiger partial charge in [-0.05, 0) is 90.4 Å². The van der Waals surface area contributed by atoms with Crippen molar-refractivity contribution in [1.29, 1.82) is 0 Å². The second-order valence-corrected chi connectivity index (χ2v) is 25.5. The highest BCUT2D eigenvalue weighted by atomic mass is 16.7. The number of likely N-dealkylation sites (N-methyl/N-ethyl adjacent to an activating group) is 2. The van der Waals surface area contributed by atoms with Crippen molar-refractivity contribution in [2.45, 2.75) is 195 Å². The number of hydrogen-bond donors (Lipinski definition) is 12. The zero-order valence-electron chi connectivity index (χ0n) is 54.3. The minimum Gasteiger partial charge on any atom is -0.461 e. The number of esters is 1. The quantitative estimate of drug-likeness (QED) is 0.0938. The van der Waals surface area contributed by atoms with E-state index in [1.807, 2.05) is 31.9 Å². The molecule has 3 fully saturated rings. The van der Waals surface area contributed by atoms with Gasteiger partial charge < -0.3 is 95.3 Å². The predicted molar refractivity (Wildman–Crippen MR) is 344 cm³/mol. The van der Waals surface area contributed by atoms with Gasteiger partial charge in [0, 0.05) is 88.9 Å². The number of cyclic esters (lactones) is 1.